The number of hydrogen-bond acceptors (Lipinski definition) is 8. The smallest absolute Gasteiger partial charge is 0.116 e. The Labute approximate surface area is 474 Å². The van der Waals surface area contributed by atoms with Crippen LogP contribution in [-0.4, -0.2) is 39.9 Å². The molecule has 0 saturated heterocycles. The average molecular weight is 1050 g/mol. The van der Waals surface area contributed by atoms with Crippen molar-refractivity contribution in [2.24, 2.45) is 0 Å². The number of para-hydroxylation sites is 4. The summed E-state index contributed by atoms with van der Waals surface area (Å²) in [4.78, 5) is 32.3. The highest BCUT2D eigenvalue weighted by Crippen LogP contribution is 2.12. The molecule has 12 rings (SSSR count). The molecule has 0 saturated carbocycles. The molecule has 8 heteroatoms. The van der Waals surface area contributed by atoms with Gasteiger partial charge in [0, 0.05) is 71.1 Å². The van der Waals surface area contributed by atoms with Crippen LogP contribution in [0.15, 0.2) is 244 Å². The third kappa shape index (κ3) is 30.3. The minimum absolute atomic E-state index is 0. The number of fused-ring (bicyclic) bond motifs is 6. The van der Waals surface area contributed by atoms with Crippen molar-refractivity contribution >= 4 is 65.2 Å². The molecule has 78 heavy (non-hydrogen) atoms. The lowest BCUT2D eigenvalue weighted by Crippen LogP contribution is -1.77. The summed E-state index contributed by atoms with van der Waals surface area (Å²) in [6, 6.07) is 60.4. The predicted molar refractivity (Wildman–Crippen MR) is 355 cm³/mol. The quantitative estimate of drug-likeness (QED) is 0.148. The lowest BCUT2D eigenvalue weighted by molar-refractivity contribution is 1.22. The van der Waals surface area contributed by atoms with Gasteiger partial charge < -0.3 is 0 Å². The van der Waals surface area contributed by atoms with Gasteiger partial charge in [-0.05, 0) is 70.1 Å². The van der Waals surface area contributed by atoms with Crippen molar-refractivity contribution in [3.63, 3.8) is 0 Å². The first-order chi connectivity index (χ1) is 35.8. The second-order valence-electron chi connectivity index (χ2n) is 13.0. The summed E-state index contributed by atoms with van der Waals surface area (Å²) in [5, 5.41) is 9.47. The van der Waals surface area contributed by atoms with Crippen LogP contribution in [-0.2, 0) is 0 Å². The number of hydrogen-bond donors (Lipinski definition) is 0. The molecule has 12 aromatic rings. The Morgan fingerprint density at radius 2 is 0.423 bits per heavy atom. The van der Waals surface area contributed by atoms with E-state index in [0.717, 1.165) is 32.8 Å². The number of nitrogens with zero attached hydrogens (tertiary/aromatic N) is 8. The van der Waals surface area contributed by atoms with Crippen LogP contribution in [0.5, 0.6) is 0 Å². The minimum Gasteiger partial charge on any atom is -0.264 e. The van der Waals surface area contributed by atoms with E-state index in [-0.39, 0.29) is 44.6 Å². The fraction of sp³-hybridized carbons (Fsp3) is 0.257. The van der Waals surface area contributed by atoms with E-state index >= 15 is 0 Å². The van der Waals surface area contributed by atoms with E-state index in [4.69, 9.17) is 0 Å². The van der Waals surface area contributed by atoms with E-state index < -0.39 is 0 Å². The lowest BCUT2D eigenvalue weighted by Gasteiger charge is -1.91. The molecule has 0 bridgehead atoms. The van der Waals surface area contributed by atoms with Crippen molar-refractivity contribution in [3.8, 4) is 0 Å². The molecule has 0 radical (unpaired) electrons. The molecular formula is C70H100N8. The molecular weight excluding hydrogens is 953 g/mol. The molecule has 6 heterocycles. The molecule has 8 nitrogen and oxygen atoms in total. The van der Waals surface area contributed by atoms with Crippen molar-refractivity contribution in [2.75, 3.05) is 0 Å². The van der Waals surface area contributed by atoms with E-state index in [9.17, 15) is 0 Å². The topological polar surface area (TPSA) is 103 Å². The van der Waals surface area contributed by atoms with Gasteiger partial charge in [0.25, 0.3) is 0 Å². The van der Waals surface area contributed by atoms with Gasteiger partial charge in [0.05, 0.1) is 22.1 Å². The molecule has 6 aromatic carbocycles. The Morgan fingerprint density at radius 1 is 0.192 bits per heavy atom. The first-order valence-corrected chi connectivity index (χ1v) is 25.3. The highest BCUT2D eigenvalue weighted by atomic mass is 14.8. The van der Waals surface area contributed by atoms with E-state index in [1.807, 2.05) is 266 Å². The Morgan fingerprint density at radius 3 is 0.705 bits per heavy atom. The summed E-state index contributed by atoms with van der Waals surface area (Å²) in [6.07, 6.45) is 17.7. The third-order valence-electron chi connectivity index (χ3n) is 8.95. The SMILES string of the molecule is C.C.C.C.C.C.CC.CC.CC.CC.CC.CC.c1ccc2cnccc2c1.c1ccc2cnccc2c1.c1ccc2ncccc2c1.c1ccc2ncccc2c1.c1ccc2ncncc2c1.c1ccc2ncncc2c1. The monoisotopic (exact) mass is 1050 g/mol. The van der Waals surface area contributed by atoms with Crippen LogP contribution in [0.1, 0.15) is 128 Å². The average Bonchev–Trinajstić information content (AvgIpc) is 3.51. The van der Waals surface area contributed by atoms with Crippen molar-refractivity contribution in [1.29, 1.82) is 0 Å². The standard InChI is InChI=1S/4C9H7N.2C8H6N2.6C2H6.6CH4/c2*1-2-6-9-8(4-1)5-3-7-10-9;2*1-2-4-9-7-10-6-5-8(9)3-1;2*1-2-4-8-7(3-1)5-9-6-10-8;6*1-2;;;;;;/h4*1-7H;2*1-6H;6*1-2H3;6*1H4. The molecule has 420 valence electrons. The molecule has 0 fully saturated rings. The lowest BCUT2D eigenvalue weighted by atomic mass is 10.2. The Bertz CT molecular complexity index is 2220. The Hall–Kier alpha value is -8.36. The zero-order chi connectivity index (χ0) is 52.9. The van der Waals surface area contributed by atoms with E-state index in [2.05, 4.69) is 88.4 Å². The van der Waals surface area contributed by atoms with Crippen LogP contribution in [0.25, 0.3) is 65.2 Å². The largest absolute Gasteiger partial charge is 0.264 e. The van der Waals surface area contributed by atoms with Gasteiger partial charge in [-0.2, -0.15) is 0 Å². The van der Waals surface area contributed by atoms with E-state index in [0.29, 0.717) is 0 Å². The van der Waals surface area contributed by atoms with Gasteiger partial charge in [0.15, 0.2) is 0 Å². The van der Waals surface area contributed by atoms with E-state index in [1.165, 1.54) is 32.3 Å². The van der Waals surface area contributed by atoms with Gasteiger partial charge in [0.2, 0.25) is 0 Å². The van der Waals surface area contributed by atoms with Gasteiger partial charge in [0.1, 0.15) is 12.7 Å². The summed E-state index contributed by atoms with van der Waals surface area (Å²) in [5.41, 5.74) is 4.12. The normalized spacial score (nSPS) is 8.15. The van der Waals surface area contributed by atoms with Gasteiger partial charge in [-0.15, -0.1) is 0 Å². The molecule has 0 aliphatic rings. The van der Waals surface area contributed by atoms with Crippen LogP contribution in [0.3, 0.4) is 0 Å². The first-order valence-electron chi connectivity index (χ1n) is 25.3. The molecule has 0 unspecified atom stereocenters. The van der Waals surface area contributed by atoms with Gasteiger partial charge >= 0.3 is 0 Å². The van der Waals surface area contributed by atoms with Crippen molar-refractivity contribution in [3.05, 3.63) is 244 Å². The van der Waals surface area contributed by atoms with Gasteiger partial charge in [-0.3, -0.25) is 19.9 Å². The molecule has 0 atom stereocenters. The summed E-state index contributed by atoms with van der Waals surface area (Å²) in [5.74, 6) is 0. The Balaban J connectivity index is -0.000000189. The van der Waals surface area contributed by atoms with Crippen molar-refractivity contribution < 1.29 is 0 Å². The van der Waals surface area contributed by atoms with Crippen LogP contribution in [0, 0.1) is 0 Å². The molecule has 0 spiro atoms. The summed E-state index contributed by atoms with van der Waals surface area (Å²) in [6.45, 7) is 24.0. The van der Waals surface area contributed by atoms with E-state index in [1.54, 1.807) is 12.7 Å². The third-order valence-corrected chi connectivity index (χ3v) is 8.95. The highest BCUT2D eigenvalue weighted by Gasteiger charge is 1.91. The summed E-state index contributed by atoms with van der Waals surface area (Å²) in [7, 11) is 0. The maximum absolute atomic E-state index is 4.18. The molecule has 6 aromatic heterocycles. The van der Waals surface area contributed by atoms with Crippen LogP contribution >= 0.6 is 0 Å². The number of benzene rings is 6. The molecule has 0 aliphatic carbocycles. The second-order valence-corrected chi connectivity index (χ2v) is 13.0. The molecule has 0 amide bonds. The number of aromatic nitrogens is 8. The maximum atomic E-state index is 4.18. The minimum atomic E-state index is 0. The molecule has 0 N–H and O–H groups in total. The van der Waals surface area contributed by atoms with Crippen LogP contribution < -0.4 is 0 Å². The van der Waals surface area contributed by atoms with Gasteiger partial charge in [-0.25, -0.2) is 19.9 Å². The van der Waals surface area contributed by atoms with Crippen molar-refractivity contribution in [2.45, 2.75) is 128 Å². The zero-order valence-corrected chi connectivity index (χ0v) is 44.7. The summed E-state index contributed by atoms with van der Waals surface area (Å²) >= 11 is 0. The van der Waals surface area contributed by atoms with Crippen LogP contribution in [0.2, 0.25) is 0 Å². The maximum Gasteiger partial charge on any atom is 0.116 e. The van der Waals surface area contributed by atoms with Crippen molar-refractivity contribution in [1.82, 2.24) is 39.9 Å². The van der Waals surface area contributed by atoms with Crippen LogP contribution in [0.4, 0.5) is 0 Å². The fourth-order valence-corrected chi connectivity index (χ4v) is 5.93. The number of pyridine rings is 4. The first kappa shape index (κ1) is 81.0. The Kier molecular flexibility index (Phi) is 57.0. The highest BCUT2D eigenvalue weighted by molar-refractivity contribution is 5.82. The number of rotatable bonds is 0. The second kappa shape index (κ2) is 54.9. The zero-order valence-electron chi connectivity index (χ0n) is 44.7. The fourth-order valence-electron chi connectivity index (χ4n) is 5.93. The molecule has 0 aliphatic heterocycles. The predicted octanol–water partition coefficient (Wildman–Crippen LogP) is 22.2. The summed E-state index contributed by atoms with van der Waals surface area (Å²) < 4.78 is 0. The van der Waals surface area contributed by atoms with Gasteiger partial charge in [-0.1, -0.05) is 261 Å².